The van der Waals surface area contributed by atoms with Crippen LogP contribution < -0.4 is 0 Å². The molecule has 1 saturated heterocycles. The van der Waals surface area contributed by atoms with Gasteiger partial charge in [-0.25, -0.2) is 4.99 Å². The molecular formula is C16H26ClNOS. The van der Waals surface area contributed by atoms with Crippen molar-refractivity contribution < 1.29 is 4.74 Å². The van der Waals surface area contributed by atoms with E-state index in [9.17, 15) is 0 Å². The third-order valence-corrected chi connectivity index (χ3v) is 6.66. The molecular weight excluding hydrogens is 290 g/mol. The van der Waals surface area contributed by atoms with Crippen LogP contribution in [-0.2, 0) is 4.74 Å². The molecule has 20 heavy (non-hydrogen) atoms. The largest absolute Gasteiger partial charge is 0.465 e. The van der Waals surface area contributed by atoms with E-state index in [1.54, 1.807) is 0 Å². The van der Waals surface area contributed by atoms with Crippen LogP contribution in [0, 0.1) is 23.7 Å². The maximum Gasteiger partial charge on any atom is 0.247 e. The van der Waals surface area contributed by atoms with E-state index in [2.05, 4.69) is 20.8 Å². The number of nitrogens with zero attached hydrogens (tertiary/aromatic N) is 1. The van der Waals surface area contributed by atoms with Gasteiger partial charge >= 0.3 is 0 Å². The van der Waals surface area contributed by atoms with Crippen molar-refractivity contribution in [2.75, 3.05) is 5.75 Å². The maximum absolute atomic E-state index is 6.51. The molecule has 4 aliphatic carbocycles. The first-order valence-corrected chi connectivity index (χ1v) is 8.85. The number of aliphatic imine (C=N–C) groups is 1. The van der Waals surface area contributed by atoms with Crippen LogP contribution in [0.25, 0.3) is 0 Å². The Morgan fingerprint density at radius 2 is 1.60 bits per heavy atom. The van der Waals surface area contributed by atoms with Crippen molar-refractivity contribution in [1.82, 2.24) is 0 Å². The lowest BCUT2D eigenvalue weighted by molar-refractivity contribution is -0.143. The Morgan fingerprint density at radius 1 is 1.05 bits per heavy atom. The molecule has 4 heteroatoms. The highest BCUT2D eigenvalue weighted by Crippen LogP contribution is 2.62. The molecule has 0 aromatic rings. The highest BCUT2D eigenvalue weighted by atomic mass is 35.5. The molecule has 0 unspecified atom stereocenters. The summed E-state index contributed by atoms with van der Waals surface area (Å²) in [5.41, 5.74) is 0.155. The van der Waals surface area contributed by atoms with Crippen LogP contribution in [0.2, 0.25) is 0 Å². The SMILES string of the molecule is CC(C)(C)N=C1OC2(CS1)C1CC3CC(C1)CC2C3.Cl. The highest BCUT2D eigenvalue weighted by molar-refractivity contribution is 8.13. The summed E-state index contributed by atoms with van der Waals surface area (Å²) < 4.78 is 6.51. The predicted molar refractivity (Wildman–Crippen MR) is 87.8 cm³/mol. The summed E-state index contributed by atoms with van der Waals surface area (Å²) in [5, 5.41) is 0.972. The molecule has 0 aromatic heterocycles. The second-order valence-corrected chi connectivity index (χ2v) is 9.13. The van der Waals surface area contributed by atoms with Crippen molar-refractivity contribution in [3.63, 3.8) is 0 Å². The predicted octanol–water partition coefficient (Wildman–Crippen LogP) is 4.52. The van der Waals surface area contributed by atoms with Crippen molar-refractivity contribution in [3.05, 3.63) is 0 Å². The molecule has 0 radical (unpaired) electrons. The molecule has 5 aliphatic rings. The summed E-state index contributed by atoms with van der Waals surface area (Å²) in [6.45, 7) is 6.48. The fourth-order valence-corrected chi connectivity index (χ4v) is 6.54. The van der Waals surface area contributed by atoms with Gasteiger partial charge in [0.25, 0.3) is 0 Å². The van der Waals surface area contributed by atoms with Gasteiger partial charge in [-0.2, -0.15) is 0 Å². The standard InChI is InChI=1S/C16H25NOS.ClH/c1-15(2,3)17-14-18-16(9-19-14)12-5-10-4-11(7-12)8-13(16)6-10;/h10-13H,4-9H2,1-3H3;1H. The van der Waals surface area contributed by atoms with E-state index in [0.717, 1.165) is 34.7 Å². The Labute approximate surface area is 132 Å². The monoisotopic (exact) mass is 315 g/mol. The minimum atomic E-state index is -0.0141. The lowest BCUT2D eigenvalue weighted by Gasteiger charge is -2.58. The summed E-state index contributed by atoms with van der Waals surface area (Å²) in [4.78, 5) is 4.77. The van der Waals surface area contributed by atoms with E-state index in [1.807, 2.05) is 11.8 Å². The average molecular weight is 316 g/mol. The van der Waals surface area contributed by atoms with E-state index in [0.29, 0.717) is 0 Å². The van der Waals surface area contributed by atoms with Crippen LogP contribution in [-0.4, -0.2) is 22.1 Å². The Morgan fingerprint density at radius 3 is 2.10 bits per heavy atom. The van der Waals surface area contributed by atoms with Gasteiger partial charge in [-0.3, -0.25) is 0 Å². The number of hydrogen-bond donors (Lipinski definition) is 0. The molecule has 0 atom stereocenters. The number of rotatable bonds is 0. The van der Waals surface area contributed by atoms with Crippen LogP contribution in [0.1, 0.15) is 52.9 Å². The molecule has 1 spiro atoms. The molecule has 114 valence electrons. The zero-order valence-corrected chi connectivity index (χ0v) is 14.4. The molecule has 1 heterocycles. The van der Waals surface area contributed by atoms with Crippen LogP contribution in [0.15, 0.2) is 4.99 Å². The number of ether oxygens (including phenoxy) is 1. The Kier molecular flexibility index (Phi) is 3.61. The van der Waals surface area contributed by atoms with Gasteiger partial charge in [0.05, 0.1) is 5.54 Å². The summed E-state index contributed by atoms with van der Waals surface area (Å²) in [7, 11) is 0. The summed E-state index contributed by atoms with van der Waals surface area (Å²) in [6, 6.07) is 0. The molecule has 4 saturated carbocycles. The number of halogens is 1. The van der Waals surface area contributed by atoms with Crippen molar-refractivity contribution in [2.45, 2.75) is 64.0 Å². The molecule has 4 bridgehead atoms. The summed E-state index contributed by atoms with van der Waals surface area (Å²) in [6.07, 6.45) is 7.22. The van der Waals surface area contributed by atoms with Crippen LogP contribution in [0.4, 0.5) is 0 Å². The first-order valence-electron chi connectivity index (χ1n) is 7.86. The first-order chi connectivity index (χ1) is 8.95. The van der Waals surface area contributed by atoms with Gasteiger partial charge in [-0.15, -0.1) is 12.4 Å². The lowest BCUT2D eigenvalue weighted by Crippen LogP contribution is -2.58. The third kappa shape index (κ3) is 2.29. The second-order valence-electron chi connectivity index (χ2n) is 8.20. The fraction of sp³-hybridized carbons (Fsp3) is 0.938. The van der Waals surface area contributed by atoms with Gasteiger partial charge in [-0.1, -0.05) is 11.8 Å². The Hall–Kier alpha value is 0.110. The molecule has 5 rings (SSSR count). The second kappa shape index (κ2) is 4.81. The summed E-state index contributed by atoms with van der Waals surface area (Å²) >= 11 is 1.88. The Balaban J connectivity index is 0.00000121. The molecule has 2 nitrogen and oxygen atoms in total. The van der Waals surface area contributed by atoms with Crippen LogP contribution in [0.5, 0.6) is 0 Å². The normalized spacial score (nSPS) is 47.6. The van der Waals surface area contributed by atoms with Gasteiger partial charge in [0.2, 0.25) is 5.23 Å². The van der Waals surface area contributed by atoms with Gasteiger partial charge in [0.15, 0.2) is 0 Å². The van der Waals surface area contributed by atoms with Crippen molar-refractivity contribution in [3.8, 4) is 0 Å². The van der Waals surface area contributed by atoms with E-state index in [1.165, 1.54) is 32.1 Å². The molecule has 0 N–H and O–H groups in total. The molecule has 0 aromatic carbocycles. The number of hydrogen-bond acceptors (Lipinski definition) is 3. The van der Waals surface area contributed by atoms with Crippen LogP contribution >= 0.6 is 24.2 Å². The summed E-state index contributed by atoms with van der Waals surface area (Å²) in [5.74, 6) is 4.85. The van der Waals surface area contributed by atoms with E-state index in [4.69, 9.17) is 9.73 Å². The van der Waals surface area contributed by atoms with Gasteiger partial charge in [0, 0.05) is 17.6 Å². The first kappa shape index (κ1) is 15.0. The maximum atomic E-state index is 6.51. The topological polar surface area (TPSA) is 21.6 Å². The smallest absolute Gasteiger partial charge is 0.247 e. The Bertz CT molecular complexity index is 401. The van der Waals surface area contributed by atoms with Gasteiger partial charge < -0.3 is 4.74 Å². The van der Waals surface area contributed by atoms with Gasteiger partial charge in [-0.05, 0) is 64.7 Å². The minimum Gasteiger partial charge on any atom is -0.465 e. The highest BCUT2D eigenvalue weighted by Gasteiger charge is 2.61. The van der Waals surface area contributed by atoms with E-state index < -0.39 is 0 Å². The average Bonchev–Trinajstić information content (AvgIpc) is 2.68. The lowest BCUT2D eigenvalue weighted by atomic mass is 9.50. The number of thioether (sulfide) groups is 1. The fourth-order valence-electron chi connectivity index (χ4n) is 5.11. The quantitative estimate of drug-likeness (QED) is 0.655. The van der Waals surface area contributed by atoms with E-state index in [-0.39, 0.29) is 23.5 Å². The van der Waals surface area contributed by atoms with E-state index >= 15 is 0 Å². The minimum absolute atomic E-state index is 0. The molecule has 0 amide bonds. The molecule has 5 fully saturated rings. The third-order valence-electron chi connectivity index (χ3n) is 5.65. The zero-order chi connectivity index (χ0) is 13.3. The van der Waals surface area contributed by atoms with Crippen molar-refractivity contribution >= 4 is 29.4 Å². The van der Waals surface area contributed by atoms with Crippen molar-refractivity contribution in [2.24, 2.45) is 28.7 Å². The van der Waals surface area contributed by atoms with Crippen LogP contribution in [0.3, 0.4) is 0 Å². The zero-order valence-electron chi connectivity index (χ0n) is 12.7. The van der Waals surface area contributed by atoms with Gasteiger partial charge in [0.1, 0.15) is 5.60 Å². The van der Waals surface area contributed by atoms with Crippen molar-refractivity contribution in [1.29, 1.82) is 0 Å². The molecule has 1 aliphatic heterocycles.